The highest BCUT2D eigenvalue weighted by molar-refractivity contribution is 7.61. The van der Waals surface area contributed by atoms with Gasteiger partial charge in [-0.1, -0.05) is 32.4 Å². The van der Waals surface area contributed by atoms with E-state index in [1.165, 1.54) is 51.5 Å². The van der Waals surface area contributed by atoms with Gasteiger partial charge in [0.15, 0.2) is 0 Å². The highest BCUT2D eigenvalue weighted by atomic mass is 31.2. The summed E-state index contributed by atoms with van der Waals surface area (Å²) in [7, 11) is -3.82. The first kappa shape index (κ1) is 27.6. The molecule has 2 aliphatic heterocycles. The standard InChI is InChI=1S/C31H46N3O4P/c1-5-37-39(36,38-6-2)29-30(35)34(28-13-8-7-12-27(28)32-29)25-19-23-10-9-11-24(20-25)33(23)17-16-21-14-15-22-18-26(21)31(22,3)4/h7-8,12-13,21-26H,5-6,9-11,14-20H2,1-4H3/t21-,22-,23?,24?,25?,26-/m0/s1. The lowest BCUT2D eigenvalue weighted by atomic mass is 9.45. The van der Waals surface area contributed by atoms with Crippen molar-refractivity contribution in [3.05, 3.63) is 34.6 Å². The first-order valence-corrected chi connectivity index (χ1v) is 17.0. The number of hydrogen-bond donors (Lipinski definition) is 0. The molecule has 2 aromatic rings. The van der Waals surface area contributed by atoms with Crippen LogP contribution >= 0.6 is 7.60 Å². The fourth-order valence-electron chi connectivity index (χ4n) is 8.83. The number of aromatic nitrogens is 2. The van der Waals surface area contributed by atoms with Gasteiger partial charge in [-0.25, -0.2) is 4.98 Å². The van der Waals surface area contributed by atoms with Crippen LogP contribution in [0.25, 0.3) is 11.0 Å². The molecule has 1 aromatic heterocycles. The minimum atomic E-state index is -3.82. The van der Waals surface area contributed by atoms with E-state index in [1.807, 2.05) is 28.8 Å². The van der Waals surface area contributed by atoms with Crippen molar-refractivity contribution in [1.82, 2.24) is 14.5 Å². The Morgan fingerprint density at radius 1 is 0.974 bits per heavy atom. The van der Waals surface area contributed by atoms with E-state index >= 15 is 0 Å². The van der Waals surface area contributed by atoms with E-state index in [4.69, 9.17) is 9.05 Å². The van der Waals surface area contributed by atoms with E-state index in [2.05, 4.69) is 23.7 Å². The van der Waals surface area contributed by atoms with Gasteiger partial charge in [0, 0.05) is 18.1 Å². The highest BCUT2D eigenvalue weighted by Crippen LogP contribution is 2.62. The van der Waals surface area contributed by atoms with E-state index in [0.29, 0.717) is 23.0 Å². The van der Waals surface area contributed by atoms with E-state index < -0.39 is 7.60 Å². The van der Waals surface area contributed by atoms with Crippen LogP contribution < -0.4 is 11.0 Å². The van der Waals surface area contributed by atoms with Crippen LogP contribution in [0.15, 0.2) is 29.1 Å². The van der Waals surface area contributed by atoms with Crippen molar-refractivity contribution in [2.45, 2.75) is 104 Å². The Bertz CT molecular complexity index is 1280. The number of rotatable bonds is 9. The predicted molar refractivity (Wildman–Crippen MR) is 156 cm³/mol. The molecule has 5 fully saturated rings. The summed E-state index contributed by atoms with van der Waals surface area (Å²) in [5.74, 6) is 2.72. The Kier molecular flexibility index (Phi) is 7.58. The molecule has 5 atom stereocenters. The Morgan fingerprint density at radius 3 is 2.31 bits per heavy atom. The van der Waals surface area contributed by atoms with Gasteiger partial charge in [0.05, 0.1) is 24.2 Å². The molecular formula is C31H46N3O4P. The van der Waals surface area contributed by atoms with Crippen LogP contribution in [-0.2, 0) is 13.6 Å². The summed E-state index contributed by atoms with van der Waals surface area (Å²) in [5.41, 5.74) is 1.62. The van der Waals surface area contributed by atoms with E-state index in [1.54, 1.807) is 13.8 Å². The minimum absolute atomic E-state index is 0.0495. The average Bonchev–Trinajstić information content (AvgIpc) is 2.91. The first-order valence-electron chi connectivity index (χ1n) is 15.4. The molecule has 5 aliphatic rings. The lowest BCUT2D eigenvalue weighted by Crippen LogP contribution is -2.56. The van der Waals surface area contributed by atoms with Crippen LogP contribution in [0.3, 0.4) is 0 Å². The molecular weight excluding hydrogens is 509 g/mol. The number of benzene rings is 1. The number of piperidine rings is 2. The van der Waals surface area contributed by atoms with Crippen molar-refractivity contribution < 1.29 is 13.6 Å². The molecule has 0 amide bonds. The molecule has 3 aliphatic carbocycles. The summed E-state index contributed by atoms with van der Waals surface area (Å²) >= 11 is 0. The summed E-state index contributed by atoms with van der Waals surface area (Å²) in [6.45, 7) is 10.1. The van der Waals surface area contributed by atoms with Gasteiger partial charge < -0.3 is 13.6 Å². The zero-order valence-electron chi connectivity index (χ0n) is 24.2. The lowest BCUT2D eigenvalue weighted by molar-refractivity contribution is -0.111. The summed E-state index contributed by atoms with van der Waals surface area (Å²) in [6.07, 6.45) is 11.1. The number of nitrogens with zero attached hydrogens (tertiary/aromatic N) is 3. The molecule has 39 heavy (non-hydrogen) atoms. The van der Waals surface area contributed by atoms with Crippen LogP contribution in [-0.4, -0.2) is 46.3 Å². The average molecular weight is 556 g/mol. The topological polar surface area (TPSA) is 73.7 Å². The summed E-state index contributed by atoms with van der Waals surface area (Å²) in [4.78, 5) is 21.4. The zero-order chi connectivity index (χ0) is 27.4. The lowest BCUT2D eigenvalue weighted by Gasteiger charge is -2.60. The van der Waals surface area contributed by atoms with Crippen LogP contribution in [0.4, 0.5) is 0 Å². The number of para-hydroxylation sites is 2. The van der Waals surface area contributed by atoms with E-state index in [-0.39, 0.29) is 30.2 Å². The monoisotopic (exact) mass is 555 g/mol. The fraction of sp³-hybridized carbons (Fsp3) is 0.742. The zero-order valence-corrected chi connectivity index (χ0v) is 25.1. The molecule has 3 heterocycles. The molecule has 2 unspecified atom stereocenters. The van der Waals surface area contributed by atoms with Gasteiger partial charge in [0.1, 0.15) is 0 Å². The molecule has 3 saturated carbocycles. The second-order valence-electron chi connectivity index (χ2n) is 13.0. The number of hydrogen-bond acceptors (Lipinski definition) is 6. The van der Waals surface area contributed by atoms with Crippen LogP contribution in [0.5, 0.6) is 0 Å². The molecule has 8 heteroatoms. The second kappa shape index (κ2) is 10.7. The molecule has 0 N–H and O–H groups in total. The normalized spacial score (nSPS) is 32.2. The van der Waals surface area contributed by atoms with Crippen molar-refractivity contribution in [3.63, 3.8) is 0 Å². The Labute approximate surface area is 233 Å². The predicted octanol–water partition coefficient (Wildman–Crippen LogP) is 6.31. The molecule has 4 bridgehead atoms. The molecule has 1 aromatic carbocycles. The van der Waals surface area contributed by atoms with Crippen molar-refractivity contribution >= 4 is 24.1 Å². The van der Waals surface area contributed by atoms with Gasteiger partial charge in [0.2, 0.25) is 5.44 Å². The maximum Gasteiger partial charge on any atom is 0.385 e. The van der Waals surface area contributed by atoms with Gasteiger partial charge in [-0.3, -0.25) is 14.3 Å². The SMILES string of the molecule is CCOP(=O)(OCC)c1nc2ccccc2n(C2CC3CCCC(C2)N3CC[C@@H]2CC[C@H]3C[C@@H]2C3(C)C)c1=O. The smallest absolute Gasteiger partial charge is 0.304 e. The van der Waals surface area contributed by atoms with Gasteiger partial charge in [-0.2, -0.15) is 0 Å². The van der Waals surface area contributed by atoms with Crippen LogP contribution in [0, 0.1) is 23.2 Å². The Hall–Kier alpha value is -1.53. The molecule has 7 nitrogen and oxygen atoms in total. The number of fused-ring (bicyclic) bond motifs is 5. The summed E-state index contributed by atoms with van der Waals surface area (Å²) in [6, 6.07) is 8.75. The third-order valence-electron chi connectivity index (χ3n) is 10.9. The van der Waals surface area contributed by atoms with Crippen molar-refractivity contribution in [2.75, 3.05) is 19.8 Å². The molecule has 0 radical (unpaired) electrons. The highest BCUT2D eigenvalue weighted by Gasteiger charge is 2.54. The largest absolute Gasteiger partial charge is 0.385 e. The molecule has 0 spiro atoms. The van der Waals surface area contributed by atoms with Gasteiger partial charge in [-0.05, 0) is 107 Å². The van der Waals surface area contributed by atoms with Crippen LogP contribution in [0.2, 0.25) is 0 Å². The van der Waals surface area contributed by atoms with Gasteiger partial charge >= 0.3 is 7.60 Å². The molecule has 7 rings (SSSR count). The minimum Gasteiger partial charge on any atom is -0.304 e. The quantitative estimate of drug-likeness (QED) is 0.338. The molecule has 2 saturated heterocycles. The first-order chi connectivity index (χ1) is 18.8. The van der Waals surface area contributed by atoms with Crippen molar-refractivity contribution in [1.29, 1.82) is 0 Å². The maximum absolute atomic E-state index is 14.1. The fourth-order valence-corrected chi connectivity index (χ4v) is 10.4. The molecule has 214 valence electrons. The Balaban J connectivity index is 1.28. The summed E-state index contributed by atoms with van der Waals surface area (Å²) < 4.78 is 26.8. The van der Waals surface area contributed by atoms with Gasteiger partial charge in [0.25, 0.3) is 5.56 Å². The third-order valence-corrected chi connectivity index (χ3v) is 12.9. The van der Waals surface area contributed by atoms with E-state index in [0.717, 1.165) is 36.1 Å². The van der Waals surface area contributed by atoms with Gasteiger partial charge in [-0.15, -0.1) is 0 Å². The summed E-state index contributed by atoms with van der Waals surface area (Å²) in [5, 5.41) is 0. The van der Waals surface area contributed by atoms with E-state index in [9.17, 15) is 9.36 Å². The van der Waals surface area contributed by atoms with Crippen LogP contribution in [0.1, 0.15) is 91.5 Å². The second-order valence-corrected chi connectivity index (χ2v) is 15.0. The third kappa shape index (κ3) is 4.75. The van der Waals surface area contributed by atoms with Crippen molar-refractivity contribution in [2.24, 2.45) is 23.2 Å². The van der Waals surface area contributed by atoms with Crippen molar-refractivity contribution in [3.8, 4) is 0 Å². The Morgan fingerprint density at radius 2 is 1.67 bits per heavy atom. The maximum atomic E-state index is 14.1.